The van der Waals surface area contributed by atoms with Crippen LogP contribution in [-0.2, 0) is 9.47 Å². The Balaban J connectivity index is 1.75. The van der Waals surface area contributed by atoms with Gasteiger partial charge in [-0.25, -0.2) is 0 Å². The van der Waals surface area contributed by atoms with E-state index < -0.39 is 183 Å². The molecular formula is C87H152O27. The van der Waals surface area contributed by atoms with Gasteiger partial charge in [0, 0.05) is 31.6 Å². The van der Waals surface area contributed by atoms with Gasteiger partial charge in [0.15, 0.2) is 0 Å². The summed E-state index contributed by atoms with van der Waals surface area (Å²) in [7, 11) is 0. The minimum Gasteiger partial charge on any atom is -0.393 e. The van der Waals surface area contributed by atoms with Crippen LogP contribution >= 0.6 is 0 Å². The molecular weight excluding hydrogens is 1480 g/mol. The summed E-state index contributed by atoms with van der Waals surface area (Å²) in [4.78, 5) is 0. The lowest BCUT2D eigenvalue weighted by Crippen LogP contribution is -2.59. The normalized spacial score (nSPS) is 26.3. The van der Waals surface area contributed by atoms with Crippen LogP contribution in [0.25, 0.3) is 0 Å². The van der Waals surface area contributed by atoms with Gasteiger partial charge in [0.25, 0.3) is 0 Å². The molecule has 662 valence electrons. The maximum atomic E-state index is 11.2. The van der Waals surface area contributed by atoms with Crippen molar-refractivity contribution in [3.05, 3.63) is 121 Å². The Hall–Kier alpha value is -3.68. The zero-order valence-electron chi connectivity index (χ0n) is 68.6. The summed E-state index contributed by atoms with van der Waals surface area (Å²) in [6.07, 6.45) is -2.09. The molecule has 32 unspecified atom stereocenters. The molecule has 0 aromatic carbocycles. The first-order valence-corrected chi connectivity index (χ1v) is 41.7. The second kappa shape index (κ2) is 59.1. The molecule has 0 saturated carbocycles. The zero-order chi connectivity index (χ0) is 85.7. The van der Waals surface area contributed by atoms with Crippen LogP contribution in [0.15, 0.2) is 121 Å². The second-order valence-electron chi connectivity index (χ2n) is 32.9. The Kier molecular flexibility index (Phi) is 55.2. The quantitative estimate of drug-likeness (QED) is 0.0235. The predicted octanol–water partition coefficient (Wildman–Crippen LogP) is 3.61. The van der Waals surface area contributed by atoms with Crippen LogP contribution in [0.4, 0.5) is 0 Å². The molecule has 0 radical (unpaired) electrons. The highest BCUT2D eigenvalue weighted by Gasteiger charge is 2.47. The molecule has 0 aromatic heterocycles. The fourth-order valence-corrected chi connectivity index (χ4v) is 14.8. The third kappa shape index (κ3) is 43.5. The van der Waals surface area contributed by atoms with E-state index in [-0.39, 0.29) is 88.2 Å². The molecule has 25 N–H and O–H groups in total. The summed E-state index contributed by atoms with van der Waals surface area (Å²) in [5.41, 5.74) is 1.38. The zero-order valence-corrected chi connectivity index (χ0v) is 68.6. The third-order valence-corrected chi connectivity index (χ3v) is 22.0. The number of aliphatic hydroxyl groups is 25. The lowest BCUT2D eigenvalue weighted by molar-refractivity contribution is -0.234. The van der Waals surface area contributed by atoms with Gasteiger partial charge in [0.2, 0.25) is 0 Å². The predicted molar refractivity (Wildman–Crippen MR) is 436 cm³/mol. The second-order valence-corrected chi connectivity index (χ2v) is 32.9. The van der Waals surface area contributed by atoms with Crippen LogP contribution in [-0.4, -0.2) is 305 Å². The Bertz CT molecular complexity index is 2780. The lowest BCUT2D eigenvalue weighted by atomic mass is 9.87. The van der Waals surface area contributed by atoms with Crippen molar-refractivity contribution in [1.82, 2.24) is 0 Å². The van der Waals surface area contributed by atoms with E-state index in [4.69, 9.17) is 14.6 Å². The average molecular weight is 1630 g/mol. The topological polar surface area (TPSA) is 524 Å². The summed E-state index contributed by atoms with van der Waals surface area (Å²) in [5, 5.41) is 269. The molecule has 0 bridgehead atoms. The fourth-order valence-electron chi connectivity index (χ4n) is 14.8. The van der Waals surface area contributed by atoms with E-state index in [1.54, 1.807) is 39.0 Å². The van der Waals surface area contributed by atoms with Gasteiger partial charge in [0.1, 0.15) is 61.0 Å². The van der Waals surface area contributed by atoms with E-state index in [0.29, 0.717) is 108 Å². The SMILES string of the molecule is C=CCCC=CC=CC=CCCC=CC(O)C(O)C1OC(C(O)C(O)C(=C)CCC(O)C2CC(O)C(O)C(C(O)C(O)C=C(C)CCC(O)CC(O)C(O)C(C)CC(O)CC(C)C=C(C)CC(O)CC(C)CCC(O)CC(O)C(O)C(C)C(O)CCCC(O)CCCC(O)CCCC(O)C=CCC(O)C=CCO)O2)CC(O)C1O. The first kappa shape index (κ1) is 106. The minimum absolute atomic E-state index is 0.00175. The molecule has 27 nitrogen and oxygen atoms in total. The maximum Gasteiger partial charge on any atom is 0.115 e. The van der Waals surface area contributed by atoms with E-state index in [1.165, 1.54) is 24.3 Å². The largest absolute Gasteiger partial charge is 0.393 e. The molecule has 0 amide bonds. The van der Waals surface area contributed by atoms with Crippen molar-refractivity contribution < 1.29 is 137 Å². The van der Waals surface area contributed by atoms with Gasteiger partial charge in [0.05, 0.1) is 116 Å². The van der Waals surface area contributed by atoms with Crippen molar-refractivity contribution in [3.63, 3.8) is 0 Å². The molecule has 0 aliphatic carbocycles. The van der Waals surface area contributed by atoms with Gasteiger partial charge in [-0.15, -0.1) is 6.58 Å². The highest BCUT2D eigenvalue weighted by molar-refractivity contribution is 5.13. The molecule has 2 aliphatic rings. The first-order valence-electron chi connectivity index (χ1n) is 41.7. The van der Waals surface area contributed by atoms with Gasteiger partial charge in [-0.1, -0.05) is 137 Å². The van der Waals surface area contributed by atoms with Crippen LogP contribution in [0.2, 0.25) is 0 Å². The molecule has 2 saturated heterocycles. The van der Waals surface area contributed by atoms with Gasteiger partial charge in [-0.2, -0.15) is 0 Å². The summed E-state index contributed by atoms with van der Waals surface area (Å²) < 4.78 is 11.7. The number of ether oxygens (including phenoxy) is 2. The third-order valence-electron chi connectivity index (χ3n) is 22.0. The van der Waals surface area contributed by atoms with E-state index in [0.717, 1.165) is 18.4 Å². The number of rotatable bonds is 62. The molecule has 0 spiro atoms. The van der Waals surface area contributed by atoms with Crippen LogP contribution in [0, 0.1) is 23.7 Å². The number of unbranched alkanes of at least 4 members (excludes halogenated alkanes) is 2. The molecule has 2 heterocycles. The summed E-state index contributed by atoms with van der Waals surface area (Å²) >= 11 is 0. The Morgan fingerprint density at radius 2 is 0.965 bits per heavy atom. The monoisotopic (exact) mass is 1630 g/mol. The van der Waals surface area contributed by atoms with E-state index in [1.807, 2.05) is 69.4 Å². The van der Waals surface area contributed by atoms with Crippen molar-refractivity contribution in [3.8, 4) is 0 Å². The smallest absolute Gasteiger partial charge is 0.115 e. The Morgan fingerprint density at radius 3 is 1.56 bits per heavy atom. The van der Waals surface area contributed by atoms with Gasteiger partial charge >= 0.3 is 0 Å². The molecule has 2 fully saturated rings. The van der Waals surface area contributed by atoms with Crippen molar-refractivity contribution in [1.29, 1.82) is 0 Å². The standard InChI is InChI=1S/C87H152O27/c1-9-10-11-12-13-14-15-16-17-18-19-20-34-70(99)81(108)86-84(111)75(104)52-77(114-86)85(112)79(106)57(6)38-41-69(98)76-51-74(103)83(110)87(113-76)82(109)71(100)47-54(3)37-40-64(93)49-72(101)78(105)58(7)48-67(96)46-56(5)43-55(4)45-66(95)44-53(2)36-39-65(94)50-73(102)80(107)59(8)68(97)35-24-32-62(91)30-22-28-60(89)26-21-27-61(90)29-23-31-63(92)33-25-42-88/h9,12-17,20,23,25,29,33-34,43,47,53,56,58-112H,1,6,10-11,18-19,21-22,24,26-28,30-32,35-42,44-46,48-52H2,2-5,7-8H3. The molecule has 27 heteroatoms. The first-order chi connectivity index (χ1) is 53.8. The summed E-state index contributed by atoms with van der Waals surface area (Å²) in [6, 6.07) is 0. The van der Waals surface area contributed by atoms with Gasteiger partial charge in [-0.3, -0.25) is 0 Å². The van der Waals surface area contributed by atoms with E-state index >= 15 is 0 Å². The maximum absolute atomic E-state index is 11.2. The highest BCUT2D eigenvalue weighted by Crippen LogP contribution is 2.33. The molecule has 2 rings (SSSR count). The van der Waals surface area contributed by atoms with Crippen LogP contribution in [0.1, 0.15) is 221 Å². The lowest BCUT2D eigenvalue weighted by Gasteiger charge is -2.42. The molecule has 0 aromatic rings. The fraction of sp³-hybridized carbons (Fsp3) is 0.770. The van der Waals surface area contributed by atoms with Crippen molar-refractivity contribution >= 4 is 0 Å². The molecule has 114 heavy (non-hydrogen) atoms. The van der Waals surface area contributed by atoms with Crippen LogP contribution < -0.4 is 0 Å². The molecule has 2 aliphatic heterocycles. The van der Waals surface area contributed by atoms with Gasteiger partial charge < -0.3 is 137 Å². The van der Waals surface area contributed by atoms with Gasteiger partial charge in [-0.05, 0) is 191 Å². The average Bonchev–Trinajstić information content (AvgIpc) is 0.807. The summed E-state index contributed by atoms with van der Waals surface area (Å²) in [6.45, 7) is 18.0. The highest BCUT2D eigenvalue weighted by atomic mass is 16.6. The van der Waals surface area contributed by atoms with Crippen LogP contribution in [0.3, 0.4) is 0 Å². The number of hydrogen-bond donors (Lipinski definition) is 25. The van der Waals surface area contributed by atoms with Crippen LogP contribution in [0.5, 0.6) is 0 Å². The number of allylic oxidation sites excluding steroid dienone is 10. The van der Waals surface area contributed by atoms with Crippen molar-refractivity contribution in [2.75, 3.05) is 6.61 Å². The summed E-state index contributed by atoms with van der Waals surface area (Å²) in [5.74, 6) is -1.42. The number of hydrogen-bond acceptors (Lipinski definition) is 27. The van der Waals surface area contributed by atoms with E-state index in [9.17, 15) is 123 Å². The minimum atomic E-state index is -1.83. The van der Waals surface area contributed by atoms with E-state index in [2.05, 4.69) is 13.2 Å². The van der Waals surface area contributed by atoms with Crippen molar-refractivity contribution in [2.24, 2.45) is 23.7 Å². The Morgan fingerprint density at radius 1 is 0.439 bits per heavy atom. The Labute approximate surface area is 677 Å². The van der Waals surface area contributed by atoms with Crippen molar-refractivity contribution in [2.45, 2.75) is 392 Å². The number of aliphatic hydroxyl groups excluding tert-OH is 25. The molecule has 32 atom stereocenters.